The molecule has 3 aromatic rings. The van der Waals surface area contributed by atoms with Crippen LogP contribution in [0.3, 0.4) is 0 Å². The number of hydrogen-bond acceptors (Lipinski definition) is 4. The van der Waals surface area contributed by atoms with Crippen LogP contribution in [0.15, 0.2) is 72.8 Å². The maximum atomic E-state index is 13.5. The van der Waals surface area contributed by atoms with Gasteiger partial charge < -0.3 is 0 Å². The second kappa shape index (κ2) is 9.54. The van der Waals surface area contributed by atoms with Crippen LogP contribution in [0.25, 0.3) is 0 Å². The number of non-ortho nitro benzene ring substituents is 1. The summed E-state index contributed by atoms with van der Waals surface area (Å²) in [6, 6.07) is 19.6. The summed E-state index contributed by atoms with van der Waals surface area (Å²) in [5, 5.41) is 11.1. The predicted octanol–water partition coefficient (Wildman–Crippen LogP) is 5.34. The van der Waals surface area contributed by atoms with Gasteiger partial charge in [-0.15, -0.1) is 0 Å². The minimum Gasteiger partial charge on any atom is -0.294 e. The van der Waals surface area contributed by atoms with E-state index in [0.717, 1.165) is 42.9 Å². The molecule has 166 valence electrons. The molecule has 0 bridgehead atoms. The first-order valence-corrected chi connectivity index (χ1v) is 10.7. The molecule has 0 spiro atoms. The standard InChI is InChI=1S/C25H25F2N3O2/c1-18(21-3-2-4-24(17-21)30(31)32)28-13-15-29(16-14-28)25(19-5-9-22(26)10-6-19)20-7-11-23(27)12-8-20/h2-12,17-18,25H,13-16H2,1H3/t18-/m1/s1. The van der Waals surface area contributed by atoms with Crippen LogP contribution in [-0.2, 0) is 0 Å². The molecule has 0 saturated carbocycles. The topological polar surface area (TPSA) is 49.6 Å². The minimum atomic E-state index is -0.371. The molecule has 0 radical (unpaired) electrons. The second-order valence-corrected chi connectivity index (χ2v) is 8.11. The second-order valence-electron chi connectivity index (χ2n) is 8.11. The molecule has 1 aliphatic heterocycles. The van der Waals surface area contributed by atoms with E-state index in [4.69, 9.17) is 0 Å². The van der Waals surface area contributed by atoms with Crippen molar-refractivity contribution in [2.75, 3.05) is 26.2 Å². The van der Waals surface area contributed by atoms with Crippen LogP contribution in [0.2, 0.25) is 0 Å². The number of nitrogens with zero attached hydrogens (tertiary/aromatic N) is 3. The van der Waals surface area contributed by atoms with Crippen molar-refractivity contribution < 1.29 is 13.7 Å². The SMILES string of the molecule is C[C@H](c1cccc([N+](=O)[O-])c1)N1CCN(C(c2ccc(F)cc2)c2ccc(F)cc2)CC1. The number of piperazine rings is 1. The summed E-state index contributed by atoms with van der Waals surface area (Å²) in [5.41, 5.74) is 2.93. The highest BCUT2D eigenvalue weighted by molar-refractivity contribution is 5.36. The normalized spacial score (nSPS) is 16.2. The van der Waals surface area contributed by atoms with E-state index in [-0.39, 0.29) is 34.3 Å². The van der Waals surface area contributed by atoms with E-state index >= 15 is 0 Å². The van der Waals surface area contributed by atoms with Crippen molar-refractivity contribution >= 4 is 5.69 Å². The van der Waals surface area contributed by atoms with E-state index in [9.17, 15) is 18.9 Å². The van der Waals surface area contributed by atoms with Gasteiger partial charge in [0.25, 0.3) is 5.69 Å². The van der Waals surface area contributed by atoms with Crippen molar-refractivity contribution in [3.05, 3.63) is 111 Å². The molecule has 3 aromatic carbocycles. The molecule has 4 rings (SSSR count). The number of halogens is 2. The van der Waals surface area contributed by atoms with Gasteiger partial charge in [0.15, 0.2) is 0 Å². The summed E-state index contributed by atoms with van der Waals surface area (Å²) in [7, 11) is 0. The van der Waals surface area contributed by atoms with Gasteiger partial charge in [-0.05, 0) is 47.9 Å². The molecule has 5 nitrogen and oxygen atoms in total. The van der Waals surface area contributed by atoms with E-state index in [1.807, 2.05) is 6.07 Å². The predicted molar refractivity (Wildman–Crippen MR) is 119 cm³/mol. The number of nitro benzene ring substituents is 1. The average Bonchev–Trinajstić information content (AvgIpc) is 2.82. The van der Waals surface area contributed by atoms with Gasteiger partial charge in [-0.2, -0.15) is 0 Å². The molecule has 1 aliphatic rings. The third-order valence-electron chi connectivity index (χ3n) is 6.20. The molecule has 0 N–H and O–H groups in total. The smallest absolute Gasteiger partial charge is 0.269 e. The van der Waals surface area contributed by atoms with Crippen molar-refractivity contribution in [1.29, 1.82) is 0 Å². The van der Waals surface area contributed by atoms with Crippen LogP contribution in [-0.4, -0.2) is 40.9 Å². The van der Waals surface area contributed by atoms with E-state index in [1.165, 1.54) is 30.3 Å². The van der Waals surface area contributed by atoms with E-state index < -0.39 is 0 Å². The molecule has 0 unspecified atom stereocenters. The first kappa shape index (κ1) is 22.0. The molecule has 1 saturated heterocycles. The number of benzene rings is 3. The lowest BCUT2D eigenvalue weighted by Crippen LogP contribution is -2.48. The Balaban J connectivity index is 1.52. The van der Waals surface area contributed by atoms with Gasteiger partial charge in [0.05, 0.1) is 11.0 Å². The minimum absolute atomic E-state index is 0.0483. The highest BCUT2D eigenvalue weighted by atomic mass is 19.1. The fourth-order valence-electron chi connectivity index (χ4n) is 4.40. The summed E-state index contributed by atoms with van der Waals surface area (Å²) in [5.74, 6) is -0.579. The Morgan fingerprint density at radius 3 is 1.78 bits per heavy atom. The third-order valence-corrected chi connectivity index (χ3v) is 6.20. The van der Waals surface area contributed by atoms with Gasteiger partial charge in [-0.25, -0.2) is 8.78 Å². The lowest BCUT2D eigenvalue weighted by Gasteiger charge is -2.42. The molecule has 0 amide bonds. The average molecular weight is 437 g/mol. The zero-order chi connectivity index (χ0) is 22.7. The maximum absolute atomic E-state index is 13.5. The van der Waals surface area contributed by atoms with Crippen LogP contribution >= 0.6 is 0 Å². The summed E-state index contributed by atoms with van der Waals surface area (Å²) in [4.78, 5) is 15.4. The van der Waals surface area contributed by atoms with Crippen molar-refractivity contribution in [2.45, 2.75) is 19.0 Å². The van der Waals surface area contributed by atoms with Gasteiger partial charge in [-0.3, -0.25) is 19.9 Å². The Hall–Kier alpha value is -3.16. The Morgan fingerprint density at radius 2 is 1.28 bits per heavy atom. The van der Waals surface area contributed by atoms with Crippen LogP contribution in [0.1, 0.15) is 35.7 Å². The fraction of sp³-hybridized carbons (Fsp3) is 0.280. The Labute approximate surface area is 186 Å². The third kappa shape index (κ3) is 4.84. The van der Waals surface area contributed by atoms with Crippen LogP contribution in [0.4, 0.5) is 14.5 Å². The Morgan fingerprint density at radius 1 is 0.781 bits per heavy atom. The van der Waals surface area contributed by atoms with Crippen LogP contribution < -0.4 is 0 Å². The molecule has 1 fully saturated rings. The van der Waals surface area contributed by atoms with Crippen molar-refractivity contribution in [2.24, 2.45) is 0 Å². The van der Waals surface area contributed by atoms with Gasteiger partial charge >= 0.3 is 0 Å². The van der Waals surface area contributed by atoms with Crippen molar-refractivity contribution in [3.63, 3.8) is 0 Å². The van der Waals surface area contributed by atoms with E-state index in [1.54, 1.807) is 36.4 Å². The van der Waals surface area contributed by atoms with Gasteiger partial charge in [0.2, 0.25) is 0 Å². The first-order chi connectivity index (χ1) is 15.4. The Bertz CT molecular complexity index is 1020. The molecular formula is C25H25F2N3O2. The lowest BCUT2D eigenvalue weighted by atomic mass is 9.96. The number of hydrogen-bond donors (Lipinski definition) is 0. The summed E-state index contributed by atoms with van der Waals surface area (Å²) in [6.07, 6.45) is 0. The highest BCUT2D eigenvalue weighted by Gasteiger charge is 2.29. The molecule has 32 heavy (non-hydrogen) atoms. The molecule has 7 heteroatoms. The van der Waals surface area contributed by atoms with Crippen molar-refractivity contribution in [3.8, 4) is 0 Å². The van der Waals surface area contributed by atoms with Gasteiger partial charge in [0, 0.05) is 44.4 Å². The zero-order valence-electron chi connectivity index (χ0n) is 17.8. The Kier molecular flexibility index (Phi) is 6.58. The molecule has 0 aromatic heterocycles. The summed E-state index contributed by atoms with van der Waals surface area (Å²) < 4.78 is 27.0. The van der Waals surface area contributed by atoms with E-state index in [0.29, 0.717) is 0 Å². The monoisotopic (exact) mass is 437 g/mol. The molecule has 1 heterocycles. The van der Waals surface area contributed by atoms with Crippen LogP contribution in [0.5, 0.6) is 0 Å². The molecule has 1 atom stereocenters. The zero-order valence-corrected chi connectivity index (χ0v) is 17.8. The molecule has 0 aliphatic carbocycles. The van der Waals surface area contributed by atoms with E-state index in [2.05, 4.69) is 16.7 Å². The van der Waals surface area contributed by atoms with Gasteiger partial charge in [-0.1, -0.05) is 36.4 Å². The largest absolute Gasteiger partial charge is 0.294 e. The lowest BCUT2D eigenvalue weighted by molar-refractivity contribution is -0.385. The quantitative estimate of drug-likeness (QED) is 0.386. The summed E-state index contributed by atoms with van der Waals surface area (Å²) in [6.45, 7) is 5.15. The van der Waals surface area contributed by atoms with Gasteiger partial charge in [0.1, 0.15) is 11.6 Å². The summed E-state index contributed by atoms with van der Waals surface area (Å²) >= 11 is 0. The molecular weight excluding hydrogens is 412 g/mol. The number of rotatable bonds is 6. The first-order valence-electron chi connectivity index (χ1n) is 10.7. The van der Waals surface area contributed by atoms with Crippen molar-refractivity contribution in [1.82, 2.24) is 9.80 Å². The maximum Gasteiger partial charge on any atom is 0.269 e. The number of nitro groups is 1. The highest BCUT2D eigenvalue weighted by Crippen LogP contribution is 2.32. The fourth-order valence-corrected chi connectivity index (χ4v) is 4.40. The van der Waals surface area contributed by atoms with Crippen LogP contribution in [0, 0.1) is 21.7 Å².